The van der Waals surface area contributed by atoms with Gasteiger partial charge >= 0.3 is 0 Å². The highest BCUT2D eigenvalue weighted by Gasteiger charge is 2.24. The molecule has 1 aromatic carbocycles. The first-order valence-electron chi connectivity index (χ1n) is 5.83. The van der Waals surface area contributed by atoms with Crippen LogP contribution in [0.3, 0.4) is 0 Å². The monoisotopic (exact) mass is 272 g/mol. The number of hydrogen-bond acceptors (Lipinski definition) is 4. The number of sulfonamides is 1. The predicted octanol–water partition coefficient (Wildman–Crippen LogP) is 1.70. The van der Waals surface area contributed by atoms with Gasteiger partial charge in [0.25, 0.3) is 0 Å². The van der Waals surface area contributed by atoms with Crippen LogP contribution in [-0.2, 0) is 10.0 Å². The van der Waals surface area contributed by atoms with E-state index in [0.29, 0.717) is 18.0 Å². The standard InChI is InChI=1S/C12H20N2O3S/c1-4-5-8-14(2)18(15,16)12-9-10(13)6-7-11(12)17-3/h6-7,9H,4-5,8,13H2,1-3H3. The number of nitrogens with zero attached hydrogens (tertiary/aromatic N) is 1. The van der Waals surface area contributed by atoms with Crippen molar-refractivity contribution in [1.82, 2.24) is 4.31 Å². The maximum Gasteiger partial charge on any atom is 0.246 e. The third-order valence-electron chi connectivity index (χ3n) is 2.70. The maximum absolute atomic E-state index is 12.4. The molecule has 0 unspecified atom stereocenters. The highest BCUT2D eigenvalue weighted by atomic mass is 32.2. The lowest BCUT2D eigenvalue weighted by Crippen LogP contribution is -2.28. The van der Waals surface area contributed by atoms with Crippen LogP contribution in [0.2, 0.25) is 0 Å². The molecule has 6 heteroatoms. The van der Waals surface area contributed by atoms with Crippen molar-refractivity contribution >= 4 is 15.7 Å². The number of benzene rings is 1. The first-order chi connectivity index (χ1) is 8.43. The van der Waals surface area contributed by atoms with Crippen LogP contribution in [-0.4, -0.2) is 33.4 Å². The summed E-state index contributed by atoms with van der Waals surface area (Å²) in [6, 6.07) is 4.61. The van der Waals surface area contributed by atoms with Gasteiger partial charge in [0.05, 0.1) is 7.11 Å². The molecule has 0 aliphatic rings. The Hall–Kier alpha value is -1.27. The number of nitrogens with two attached hydrogens (primary N) is 1. The van der Waals surface area contributed by atoms with Gasteiger partial charge in [0.15, 0.2) is 0 Å². The summed E-state index contributed by atoms with van der Waals surface area (Å²) in [5.74, 6) is 0.313. The van der Waals surface area contributed by atoms with Gasteiger partial charge in [-0.15, -0.1) is 0 Å². The lowest BCUT2D eigenvalue weighted by Gasteiger charge is -2.18. The molecule has 0 aliphatic carbocycles. The van der Waals surface area contributed by atoms with Crippen LogP contribution < -0.4 is 10.5 Å². The topological polar surface area (TPSA) is 72.6 Å². The molecule has 0 spiro atoms. The van der Waals surface area contributed by atoms with Crippen molar-refractivity contribution < 1.29 is 13.2 Å². The van der Waals surface area contributed by atoms with E-state index in [0.717, 1.165) is 12.8 Å². The quantitative estimate of drug-likeness (QED) is 0.800. The first kappa shape index (κ1) is 14.8. The van der Waals surface area contributed by atoms with Gasteiger partial charge in [0.1, 0.15) is 10.6 Å². The van der Waals surface area contributed by atoms with Crippen LogP contribution in [0.15, 0.2) is 23.1 Å². The van der Waals surface area contributed by atoms with Crippen LogP contribution in [0.25, 0.3) is 0 Å². The predicted molar refractivity (Wildman–Crippen MR) is 72.1 cm³/mol. The largest absolute Gasteiger partial charge is 0.495 e. The molecule has 0 aliphatic heterocycles. The Labute approximate surface area is 109 Å². The maximum atomic E-state index is 12.4. The molecule has 0 atom stereocenters. The molecule has 1 aromatic rings. The van der Waals surface area contributed by atoms with E-state index in [1.807, 2.05) is 6.92 Å². The van der Waals surface area contributed by atoms with Crippen molar-refractivity contribution in [2.75, 3.05) is 26.4 Å². The number of hydrogen-bond donors (Lipinski definition) is 1. The van der Waals surface area contributed by atoms with Crippen molar-refractivity contribution in [3.63, 3.8) is 0 Å². The van der Waals surface area contributed by atoms with E-state index in [1.165, 1.54) is 17.5 Å². The Morgan fingerprint density at radius 2 is 2.06 bits per heavy atom. The molecular weight excluding hydrogens is 252 g/mol. The molecule has 0 aromatic heterocycles. The number of nitrogen functional groups attached to an aromatic ring is 1. The highest BCUT2D eigenvalue weighted by Crippen LogP contribution is 2.28. The molecule has 0 saturated heterocycles. The summed E-state index contributed by atoms with van der Waals surface area (Å²) in [7, 11) is -0.544. The van der Waals surface area contributed by atoms with E-state index in [4.69, 9.17) is 10.5 Å². The minimum Gasteiger partial charge on any atom is -0.495 e. The van der Waals surface area contributed by atoms with Gasteiger partial charge in [0, 0.05) is 19.3 Å². The fourth-order valence-corrected chi connectivity index (χ4v) is 2.96. The molecule has 0 saturated carbocycles. The summed E-state index contributed by atoms with van der Waals surface area (Å²) >= 11 is 0. The zero-order chi connectivity index (χ0) is 13.8. The van der Waals surface area contributed by atoms with Crippen molar-refractivity contribution in [1.29, 1.82) is 0 Å². The molecule has 0 bridgehead atoms. The normalized spacial score (nSPS) is 11.8. The smallest absolute Gasteiger partial charge is 0.246 e. The molecule has 0 fully saturated rings. The Bertz CT molecular complexity index is 500. The van der Waals surface area contributed by atoms with Crippen molar-refractivity contribution in [3.8, 4) is 5.75 Å². The molecule has 102 valence electrons. The number of rotatable bonds is 6. The lowest BCUT2D eigenvalue weighted by molar-refractivity contribution is 0.397. The van der Waals surface area contributed by atoms with E-state index < -0.39 is 10.0 Å². The van der Waals surface area contributed by atoms with E-state index in [9.17, 15) is 8.42 Å². The lowest BCUT2D eigenvalue weighted by atomic mass is 10.3. The summed E-state index contributed by atoms with van der Waals surface area (Å²) in [5, 5.41) is 0. The molecular formula is C12H20N2O3S. The zero-order valence-corrected chi connectivity index (χ0v) is 11.8. The highest BCUT2D eigenvalue weighted by molar-refractivity contribution is 7.89. The summed E-state index contributed by atoms with van der Waals surface area (Å²) in [4.78, 5) is 0.114. The summed E-state index contributed by atoms with van der Waals surface area (Å²) in [6.07, 6.45) is 1.76. The number of unbranched alkanes of at least 4 members (excludes halogenated alkanes) is 1. The van der Waals surface area contributed by atoms with Crippen LogP contribution >= 0.6 is 0 Å². The van der Waals surface area contributed by atoms with E-state index in [2.05, 4.69) is 0 Å². The van der Waals surface area contributed by atoms with Gasteiger partial charge in [-0.1, -0.05) is 13.3 Å². The number of ether oxygens (including phenoxy) is 1. The van der Waals surface area contributed by atoms with E-state index in [1.54, 1.807) is 19.2 Å². The van der Waals surface area contributed by atoms with Gasteiger partial charge in [-0.2, -0.15) is 0 Å². The zero-order valence-electron chi connectivity index (χ0n) is 11.0. The molecule has 18 heavy (non-hydrogen) atoms. The van der Waals surface area contributed by atoms with Gasteiger partial charge in [0.2, 0.25) is 10.0 Å². The average Bonchev–Trinajstić information content (AvgIpc) is 2.35. The minimum absolute atomic E-state index is 0.114. The summed E-state index contributed by atoms with van der Waals surface area (Å²) in [5.41, 5.74) is 6.04. The van der Waals surface area contributed by atoms with Crippen molar-refractivity contribution in [3.05, 3.63) is 18.2 Å². The number of methoxy groups -OCH3 is 1. The second-order valence-electron chi connectivity index (χ2n) is 4.09. The van der Waals surface area contributed by atoms with Gasteiger partial charge < -0.3 is 10.5 Å². The third-order valence-corrected chi connectivity index (χ3v) is 4.58. The van der Waals surface area contributed by atoms with Crippen LogP contribution in [0.1, 0.15) is 19.8 Å². The number of anilines is 1. The fraction of sp³-hybridized carbons (Fsp3) is 0.500. The Morgan fingerprint density at radius 1 is 1.39 bits per heavy atom. The van der Waals surface area contributed by atoms with Crippen molar-refractivity contribution in [2.45, 2.75) is 24.7 Å². The third kappa shape index (κ3) is 3.14. The van der Waals surface area contributed by atoms with Crippen LogP contribution in [0.4, 0.5) is 5.69 Å². The van der Waals surface area contributed by atoms with Crippen molar-refractivity contribution in [2.24, 2.45) is 0 Å². The van der Waals surface area contributed by atoms with Gasteiger partial charge in [-0.05, 0) is 24.6 Å². The second-order valence-corrected chi connectivity index (χ2v) is 6.10. The molecule has 0 heterocycles. The molecule has 0 radical (unpaired) electrons. The SMILES string of the molecule is CCCCN(C)S(=O)(=O)c1cc(N)ccc1OC. The Balaban J connectivity index is 3.14. The summed E-state index contributed by atoms with van der Waals surface area (Å²) < 4.78 is 31.1. The van der Waals surface area contributed by atoms with Crippen LogP contribution in [0.5, 0.6) is 5.75 Å². The van der Waals surface area contributed by atoms with Gasteiger partial charge in [-0.3, -0.25) is 0 Å². The first-order valence-corrected chi connectivity index (χ1v) is 7.27. The average molecular weight is 272 g/mol. The molecule has 5 nitrogen and oxygen atoms in total. The summed E-state index contributed by atoms with van der Waals surface area (Å²) in [6.45, 7) is 2.50. The minimum atomic E-state index is -3.55. The Kier molecular flexibility index (Phi) is 4.98. The molecule has 1 rings (SSSR count). The van der Waals surface area contributed by atoms with E-state index in [-0.39, 0.29) is 4.90 Å². The molecule has 2 N–H and O–H groups in total. The fourth-order valence-electron chi connectivity index (χ4n) is 1.56. The van der Waals surface area contributed by atoms with Gasteiger partial charge in [-0.25, -0.2) is 12.7 Å². The van der Waals surface area contributed by atoms with Crippen LogP contribution in [0, 0.1) is 0 Å². The molecule has 0 amide bonds. The Morgan fingerprint density at radius 3 is 2.61 bits per heavy atom. The van der Waals surface area contributed by atoms with E-state index >= 15 is 0 Å². The second kappa shape index (κ2) is 6.06.